The largest absolute Gasteiger partial charge is 0.491 e. The average Bonchev–Trinajstić information content (AvgIpc) is 2.47. The van der Waals surface area contributed by atoms with E-state index >= 15 is 0 Å². The van der Waals surface area contributed by atoms with E-state index < -0.39 is 0 Å². The number of methoxy groups -OCH3 is 1. The first kappa shape index (κ1) is 15.8. The van der Waals surface area contributed by atoms with Gasteiger partial charge in [-0.1, -0.05) is 12.1 Å². The van der Waals surface area contributed by atoms with E-state index in [2.05, 4.69) is 19.2 Å². The van der Waals surface area contributed by atoms with Crippen LogP contribution in [-0.4, -0.2) is 44.9 Å². The molecule has 0 aliphatic carbocycles. The van der Waals surface area contributed by atoms with Crippen molar-refractivity contribution in [3.8, 4) is 5.75 Å². The van der Waals surface area contributed by atoms with Gasteiger partial charge < -0.3 is 19.7 Å². The van der Waals surface area contributed by atoms with Gasteiger partial charge in [0.2, 0.25) is 5.91 Å². The maximum atomic E-state index is 12.2. The van der Waals surface area contributed by atoms with E-state index in [4.69, 9.17) is 9.47 Å². The molecule has 21 heavy (non-hydrogen) atoms. The fourth-order valence-corrected chi connectivity index (χ4v) is 2.36. The number of carbonyl (C=O) groups excluding carboxylic acids is 1. The number of nitrogens with one attached hydrogen (secondary N) is 1. The number of anilines is 1. The highest BCUT2D eigenvalue weighted by atomic mass is 16.5. The molecular weight excluding hydrogens is 268 g/mol. The smallest absolute Gasteiger partial charge is 0.241 e. The Bertz CT molecular complexity index is 488. The van der Waals surface area contributed by atoms with Crippen LogP contribution in [0.2, 0.25) is 0 Å². The third-order valence-electron chi connectivity index (χ3n) is 3.48. The molecule has 116 valence electrons. The Morgan fingerprint density at radius 2 is 2.05 bits per heavy atom. The van der Waals surface area contributed by atoms with Crippen LogP contribution in [0.4, 0.5) is 5.69 Å². The monoisotopic (exact) mass is 292 g/mol. The Morgan fingerprint density at radius 3 is 2.81 bits per heavy atom. The number of hydrogen-bond donors (Lipinski definition) is 1. The average molecular weight is 292 g/mol. The van der Waals surface area contributed by atoms with Gasteiger partial charge in [-0.3, -0.25) is 4.79 Å². The van der Waals surface area contributed by atoms with Crippen LogP contribution in [-0.2, 0) is 9.53 Å². The highest BCUT2D eigenvalue weighted by Gasteiger charge is 2.32. The summed E-state index contributed by atoms with van der Waals surface area (Å²) in [6.07, 6.45) is 0.825. The molecule has 1 fully saturated rings. The second-order valence-electron chi connectivity index (χ2n) is 5.88. The van der Waals surface area contributed by atoms with Gasteiger partial charge in [-0.2, -0.15) is 0 Å². The summed E-state index contributed by atoms with van der Waals surface area (Å²) in [4.78, 5) is 14.0. The van der Waals surface area contributed by atoms with Gasteiger partial charge >= 0.3 is 0 Å². The summed E-state index contributed by atoms with van der Waals surface area (Å²) in [5.74, 6) is 0.821. The molecule has 0 aromatic heterocycles. The highest BCUT2D eigenvalue weighted by Crippen LogP contribution is 2.30. The molecule has 0 atom stereocenters. The maximum absolute atomic E-state index is 12.2. The first-order valence-electron chi connectivity index (χ1n) is 7.30. The van der Waals surface area contributed by atoms with Gasteiger partial charge in [0.05, 0.1) is 18.8 Å². The molecule has 1 aliphatic heterocycles. The maximum Gasteiger partial charge on any atom is 0.241 e. The zero-order valence-corrected chi connectivity index (χ0v) is 13.0. The summed E-state index contributed by atoms with van der Waals surface area (Å²) in [7, 11) is 1.68. The molecule has 0 spiro atoms. The molecule has 0 bridgehead atoms. The lowest BCUT2D eigenvalue weighted by Crippen LogP contribution is -2.60. The van der Waals surface area contributed by atoms with Crippen molar-refractivity contribution in [2.75, 3.05) is 38.3 Å². The number of para-hydroxylation sites is 2. The van der Waals surface area contributed by atoms with Crippen LogP contribution in [0.25, 0.3) is 0 Å². The van der Waals surface area contributed by atoms with Crippen LogP contribution in [0.5, 0.6) is 5.75 Å². The Morgan fingerprint density at radius 1 is 1.29 bits per heavy atom. The number of carbonyl (C=O) groups is 1. The topological polar surface area (TPSA) is 50.8 Å². The SMILES string of the molecule is COCCCOc1ccccc1N1CC(C)(C)NCC1=O. The summed E-state index contributed by atoms with van der Waals surface area (Å²) in [5.41, 5.74) is 0.742. The number of benzene rings is 1. The Labute approximate surface area is 126 Å². The van der Waals surface area contributed by atoms with Crippen molar-refractivity contribution in [1.29, 1.82) is 0 Å². The van der Waals surface area contributed by atoms with E-state index in [1.807, 2.05) is 29.2 Å². The number of nitrogens with zero attached hydrogens (tertiary/aromatic N) is 1. The Kier molecular flexibility index (Phi) is 5.20. The van der Waals surface area contributed by atoms with Crippen LogP contribution in [0.1, 0.15) is 20.3 Å². The van der Waals surface area contributed by atoms with Gasteiger partial charge in [-0.15, -0.1) is 0 Å². The van der Waals surface area contributed by atoms with Crippen molar-refractivity contribution < 1.29 is 14.3 Å². The zero-order valence-electron chi connectivity index (χ0n) is 13.0. The Balaban J connectivity index is 2.12. The minimum absolute atomic E-state index is 0.0715. The van der Waals surface area contributed by atoms with E-state index in [0.29, 0.717) is 26.3 Å². The van der Waals surface area contributed by atoms with Crippen molar-refractivity contribution in [2.24, 2.45) is 0 Å². The standard InChI is InChI=1S/C16H24N2O3/c1-16(2)12-18(15(19)11-17-16)13-7-4-5-8-14(13)21-10-6-9-20-3/h4-5,7-8,17H,6,9-12H2,1-3H3. The highest BCUT2D eigenvalue weighted by molar-refractivity contribution is 5.97. The lowest BCUT2D eigenvalue weighted by atomic mass is 10.0. The van der Waals surface area contributed by atoms with E-state index in [0.717, 1.165) is 17.9 Å². The molecule has 1 aliphatic rings. The molecule has 0 unspecified atom stereocenters. The molecule has 1 amide bonds. The second-order valence-corrected chi connectivity index (χ2v) is 5.88. The zero-order chi connectivity index (χ0) is 15.3. The minimum Gasteiger partial charge on any atom is -0.491 e. The number of rotatable bonds is 6. The van der Waals surface area contributed by atoms with Gasteiger partial charge in [-0.05, 0) is 26.0 Å². The van der Waals surface area contributed by atoms with Crippen LogP contribution in [0.3, 0.4) is 0 Å². The normalized spacial score (nSPS) is 17.9. The van der Waals surface area contributed by atoms with Crippen molar-refractivity contribution in [2.45, 2.75) is 25.8 Å². The van der Waals surface area contributed by atoms with Crippen molar-refractivity contribution in [3.05, 3.63) is 24.3 Å². The summed E-state index contributed by atoms with van der Waals surface area (Å²) >= 11 is 0. The molecule has 0 radical (unpaired) electrons. The van der Waals surface area contributed by atoms with Gasteiger partial charge in [0.1, 0.15) is 5.75 Å². The summed E-state index contributed by atoms with van der Waals surface area (Å²) in [6, 6.07) is 7.70. The van der Waals surface area contributed by atoms with Crippen LogP contribution >= 0.6 is 0 Å². The van der Waals surface area contributed by atoms with E-state index in [-0.39, 0.29) is 11.4 Å². The van der Waals surface area contributed by atoms with E-state index in [1.165, 1.54) is 0 Å². The summed E-state index contributed by atoms with van der Waals surface area (Å²) < 4.78 is 10.8. The minimum atomic E-state index is -0.100. The van der Waals surface area contributed by atoms with Gasteiger partial charge in [0.15, 0.2) is 0 Å². The number of ether oxygens (including phenoxy) is 2. The van der Waals surface area contributed by atoms with Crippen LogP contribution in [0, 0.1) is 0 Å². The molecular formula is C16H24N2O3. The molecule has 1 aromatic carbocycles. The molecule has 1 N–H and O–H groups in total. The first-order chi connectivity index (χ1) is 10.0. The molecule has 0 saturated carbocycles. The lowest BCUT2D eigenvalue weighted by molar-refractivity contribution is -0.119. The first-order valence-corrected chi connectivity index (χ1v) is 7.30. The lowest BCUT2D eigenvalue weighted by Gasteiger charge is -2.39. The van der Waals surface area contributed by atoms with E-state index in [1.54, 1.807) is 7.11 Å². The molecule has 2 rings (SSSR count). The summed E-state index contributed by atoms with van der Waals surface area (Å²) in [5, 5.41) is 3.24. The predicted molar refractivity (Wildman–Crippen MR) is 82.9 cm³/mol. The number of amides is 1. The fourth-order valence-electron chi connectivity index (χ4n) is 2.36. The van der Waals surface area contributed by atoms with Crippen molar-refractivity contribution in [1.82, 2.24) is 5.32 Å². The fraction of sp³-hybridized carbons (Fsp3) is 0.562. The molecule has 5 nitrogen and oxygen atoms in total. The second kappa shape index (κ2) is 6.91. The van der Waals surface area contributed by atoms with Gasteiger partial charge in [0.25, 0.3) is 0 Å². The van der Waals surface area contributed by atoms with Gasteiger partial charge in [0, 0.05) is 32.2 Å². The predicted octanol–water partition coefficient (Wildman–Crippen LogP) is 1.82. The Hall–Kier alpha value is -1.59. The number of hydrogen-bond acceptors (Lipinski definition) is 4. The summed E-state index contributed by atoms with van der Waals surface area (Å²) in [6.45, 7) is 6.41. The number of piperazine rings is 1. The molecule has 5 heteroatoms. The van der Waals surface area contributed by atoms with Crippen LogP contribution in [0.15, 0.2) is 24.3 Å². The van der Waals surface area contributed by atoms with Crippen LogP contribution < -0.4 is 15.0 Å². The quantitative estimate of drug-likeness (QED) is 0.813. The third kappa shape index (κ3) is 4.19. The third-order valence-corrected chi connectivity index (χ3v) is 3.48. The van der Waals surface area contributed by atoms with E-state index in [9.17, 15) is 4.79 Å². The van der Waals surface area contributed by atoms with Crippen molar-refractivity contribution >= 4 is 11.6 Å². The molecule has 1 heterocycles. The molecule has 1 saturated heterocycles. The van der Waals surface area contributed by atoms with Gasteiger partial charge in [-0.25, -0.2) is 0 Å². The molecule has 1 aromatic rings. The van der Waals surface area contributed by atoms with Crippen molar-refractivity contribution in [3.63, 3.8) is 0 Å².